The number of benzene rings is 1. The Kier molecular flexibility index (Phi) is 4.81. The Hall–Kier alpha value is -2.08. The van der Waals surface area contributed by atoms with E-state index in [1.165, 1.54) is 6.33 Å². The molecule has 7 heteroatoms. The van der Waals surface area contributed by atoms with Gasteiger partial charge >= 0.3 is 6.03 Å². The molecule has 122 valence electrons. The summed E-state index contributed by atoms with van der Waals surface area (Å²) in [5, 5.41) is 7.85. The van der Waals surface area contributed by atoms with Crippen molar-refractivity contribution >= 4 is 17.6 Å². The summed E-state index contributed by atoms with van der Waals surface area (Å²) in [6.45, 7) is 3.92. The Morgan fingerprint density at radius 1 is 1.48 bits per heavy atom. The van der Waals surface area contributed by atoms with Crippen molar-refractivity contribution in [2.24, 2.45) is 0 Å². The molecule has 2 heterocycles. The minimum absolute atomic E-state index is 0.0470. The number of rotatable bonds is 3. The highest BCUT2D eigenvalue weighted by Gasteiger charge is 2.25. The largest absolute Gasteiger partial charge is 0.334 e. The minimum Gasteiger partial charge on any atom is -0.334 e. The van der Waals surface area contributed by atoms with Gasteiger partial charge in [0.15, 0.2) is 0 Å². The summed E-state index contributed by atoms with van der Waals surface area (Å²) in [4.78, 5) is 18.2. The first-order valence-electron chi connectivity index (χ1n) is 7.75. The van der Waals surface area contributed by atoms with E-state index in [2.05, 4.69) is 15.4 Å². The Labute approximate surface area is 140 Å². The number of amides is 2. The number of hydrogen-bond acceptors (Lipinski definition) is 3. The standard InChI is InChI=1S/C16H20ClN5O/c1-12-4-5-14(17)7-13(12)8-19-16(23)21-6-2-3-15(9-21)22-11-18-10-20-22/h4-5,7,10-11,15H,2-3,6,8-9H2,1H3,(H,19,23)/t15-/m1/s1. The van der Waals surface area contributed by atoms with Gasteiger partial charge in [-0.15, -0.1) is 0 Å². The fraction of sp³-hybridized carbons (Fsp3) is 0.438. The number of halogens is 1. The number of carbonyl (C=O) groups excluding carboxylic acids is 1. The molecule has 23 heavy (non-hydrogen) atoms. The topological polar surface area (TPSA) is 63.1 Å². The molecule has 1 aromatic carbocycles. The molecule has 0 saturated carbocycles. The van der Waals surface area contributed by atoms with Crippen LogP contribution in [-0.4, -0.2) is 38.8 Å². The van der Waals surface area contributed by atoms with Gasteiger partial charge in [-0.05, 0) is 43.0 Å². The van der Waals surface area contributed by atoms with Crippen molar-refractivity contribution in [1.29, 1.82) is 0 Å². The maximum Gasteiger partial charge on any atom is 0.317 e. The van der Waals surface area contributed by atoms with Gasteiger partial charge in [0, 0.05) is 24.7 Å². The van der Waals surface area contributed by atoms with Crippen LogP contribution in [-0.2, 0) is 6.54 Å². The summed E-state index contributed by atoms with van der Waals surface area (Å²) >= 11 is 6.02. The Morgan fingerprint density at radius 2 is 2.35 bits per heavy atom. The van der Waals surface area contributed by atoms with Gasteiger partial charge in [0.2, 0.25) is 0 Å². The summed E-state index contributed by atoms with van der Waals surface area (Å²) in [6.07, 6.45) is 5.22. The maximum atomic E-state index is 12.4. The highest BCUT2D eigenvalue weighted by Crippen LogP contribution is 2.20. The number of carbonyl (C=O) groups is 1. The predicted molar refractivity (Wildman–Crippen MR) is 88.3 cm³/mol. The monoisotopic (exact) mass is 333 g/mol. The molecule has 1 aliphatic rings. The van der Waals surface area contributed by atoms with Crippen LogP contribution in [0.5, 0.6) is 0 Å². The smallest absolute Gasteiger partial charge is 0.317 e. The van der Waals surface area contributed by atoms with E-state index in [9.17, 15) is 4.79 Å². The van der Waals surface area contributed by atoms with Gasteiger partial charge in [-0.2, -0.15) is 5.10 Å². The molecule has 1 saturated heterocycles. The highest BCUT2D eigenvalue weighted by atomic mass is 35.5. The van der Waals surface area contributed by atoms with Gasteiger partial charge in [0.05, 0.1) is 6.04 Å². The van der Waals surface area contributed by atoms with Gasteiger partial charge in [0.1, 0.15) is 12.7 Å². The lowest BCUT2D eigenvalue weighted by atomic mass is 10.1. The van der Waals surface area contributed by atoms with Crippen LogP contribution in [0.25, 0.3) is 0 Å². The van der Waals surface area contributed by atoms with Crippen LogP contribution < -0.4 is 5.32 Å². The van der Waals surface area contributed by atoms with E-state index in [-0.39, 0.29) is 12.1 Å². The number of piperidine rings is 1. The summed E-state index contributed by atoms with van der Waals surface area (Å²) in [5.74, 6) is 0. The lowest BCUT2D eigenvalue weighted by molar-refractivity contribution is 0.163. The second kappa shape index (κ2) is 7.00. The van der Waals surface area contributed by atoms with Crippen molar-refractivity contribution in [2.75, 3.05) is 13.1 Å². The first-order chi connectivity index (χ1) is 11.1. The second-order valence-corrected chi connectivity index (χ2v) is 6.28. The van der Waals surface area contributed by atoms with Crippen LogP contribution in [0.1, 0.15) is 30.0 Å². The third kappa shape index (κ3) is 3.82. The van der Waals surface area contributed by atoms with Crippen LogP contribution >= 0.6 is 11.6 Å². The SMILES string of the molecule is Cc1ccc(Cl)cc1CNC(=O)N1CCC[C@@H](n2cncn2)C1. The van der Waals surface area contributed by atoms with Crippen molar-refractivity contribution in [3.63, 3.8) is 0 Å². The molecule has 0 spiro atoms. The molecule has 1 fully saturated rings. The van der Waals surface area contributed by atoms with E-state index in [4.69, 9.17) is 11.6 Å². The summed E-state index contributed by atoms with van der Waals surface area (Å²) in [7, 11) is 0. The summed E-state index contributed by atoms with van der Waals surface area (Å²) in [5.41, 5.74) is 2.16. The van der Waals surface area contributed by atoms with Gasteiger partial charge in [0.25, 0.3) is 0 Å². The van der Waals surface area contributed by atoms with Crippen molar-refractivity contribution in [3.8, 4) is 0 Å². The lowest BCUT2D eigenvalue weighted by Crippen LogP contribution is -2.45. The van der Waals surface area contributed by atoms with E-state index in [1.807, 2.05) is 34.7 Å². The highest BCUT2D eigenvalue weighted by molar-refractivity contribution is 6.30. The average Bonchev–Trinajstić information content (AvgIpc) is 3.10. The first kappa shape index (κ1) is 15.8. The Morgan fingerprint density at radius 3 is 3.13 bits per heavy atom. The minimum atomic E-state index is -0.0470. The number of aromatic nitrogens is 3. The molecular formula is C16H20ClN5O. The van der Waals surface area contributed by atoms with Gasteiger partial charge in [-0.3, -0.25) is 0 Å². The van der Waals surface area contributed by atoms with E-state index in [0.717, 1.165) is 30.5 Å². The number of likely N-dealkylation sites (tertiary alicyclic amines) is 1. The molecule has 3 rings (SSSR count). The van der Waals surface area contributed by atoms with Crippen molar-refractivity contribution in [2.45, 2.75) is 32.4 Å². The molecule has 1 atom stereocenters. The fourth-order valence-corrected chi connectivity index (χ4v) is 3.07. The lowest BCUT2D eigenvalue weighted by Gasteiger charge is -2.32. The quantitative estimate of drug-likeness (QED) is 0.939. The summed E-state index contributed by atoms with van der Waals surface area (Å²) in [6, 6.07) is 5.87. The molecule has 2 aromatic rings. The third-order valence-electron chi connectivity index (χ3n) is 4.24. The van der Waals surface area contributed by atoms with Crippen LogP contribution in [0, 0.1) is 6.92 Å². The van der Waals surface area contributed by atoms with Crippen molar-refractivity contribution in [1.82, 2.24) is 25.0 Å². The molecule has 1 aromatic heterocycles. The zero-order chi connectivity index (χ0) is 16.2. The zero-order valence-electron chi connectivity index (χ0n) is 13.1. The maximum absolute atomic E-state index is 12.4. The Balaban J connectivity index is 1.58. The zero-order valence-corrected chi connectivity index (χ0v) is 13.8. The number of nitrogens with zero attached hydrogens (tertiary/aromatic N) is 4. The second-order valence-electron chi connectivity index (χ2n) is 5.85. The number of nitrogens with one attached hydrogen (secondary N) is 1. The average molecular weight is 334 g/mol. The molecule has 6 nitrogen and oxygen atoms in total. The first-order valence-corrected chi connectivity index (χ1v) is 8.13. The summed E-state index contributed by atoms with van der Waals surface area (Å²) < 4.78 is 1.83. The van der Waals surface area contributed by atoms with E-state index >= 15 is 0 Å². The predicted octanol–water partition coefficient (Wildman–Crippen LogP) is 2.79. The van der Waals surface area contributed by atoms with Crippen LogP contribution in [0.4, 0.5) is 4.79 Å². The molecule has 2 amide bonds. The van der Waals surface area contributed by atoms with Crippen LogP contribution in [0.3, 0.4) is 0 Å². The van der Waals surface area contributed by atoms with E-state index < -0.39 is 0 Å². The van der Waals surface area contributed by atoms with Crippen molar-refractivity contribution in [3.05, 3.63) is 47.0 Å². The molecule has 0 bridgehead atoms. The third-order valence-corrected chi connectivity index (χ3v) is 4.47. The van der Waals surface area contributed by atoms with E-state index in [1.54, 1.807) is 6.33 Å². The fourth-order valence-electron chi connectivity index (χ4n) is 2.87. The molecule has 0 unspecified atom stereocenters. The van der Waals surface area contributed by atoms with Crippen molar-refractivity contribution < 1.29 is 4.79 Å². The normalized spacial score (nSPS) is 18.0. The molecule has 1 N–H and O–H groups in total. The van der Waals surface area contributed by atoms with Crippen LogP contribution in [0.2, 0.25) is 5.02 Å². The molecular weight excluding hydrogens is 314 g/mol. The molecule has 0 radical (unpaired) electrons. The molecule has 1 aliphatic heterocycles. The number of urea groups is 1. The van der Waals surface area contributed by atoms with Gasteiger partial charge < -0.3 is 10.2 Å². The van der Waals surface area contributed by atoms with Gasteiger partial charge in [-0.25, -0.2) is 14.5 Å². The number of aryl methyl sites for hydroxylation is 1. The van der Waals surface area contributed by atoms with Crippen LogP contribution in [0.15, 0.2) is 30.9 Å². The van der Waals surface area contributed by atoms with E-state index in [0.29, 0.717) is 18.1 Å². The Bertz CT molecular complexity index is 673. The molecule has 0 aliphatic carbocycles. The van der Waals surface area contributed by atoms with Gasteiger partial charge in [-0.1, -0.05) is 17.7 Å². The number of hydrogen-bond donors (Lipinski definition) is 1.